The van der Waals surface area contributed by atoms with Crippen molar-refractivity contribution in [1.29, 1.82) is 0 Å². The summed E-state index contributed by atoms with van der Waals surface area (Å²) >= 11 is 0. The van der Waals surface area contributed by atoms with Crippen molar-refractivity contribution in [2.24, 2.45) is 0 Å². The average molecular weight is 258 g/mol. The second kappa shape index (κ2) is 6.28. The summed E-state index contributed by atoms with van der Waals surface area (Å²) in [5, 5.41) is 0. The standard InChI is InChI=1S/C17H16F2/c1-2-13-3-5-14(6-4-13)7-8-15-9-11-16(12-10-15)17(18)19/h3-12,17H,2H2,1H3/b8-7+. The fourth-order valence-corrected chi connectivity index (χ4v) is 1.81. The lowest BCUT2D eigenvalue weighted by Gasteiger charge is -2.00. The highest BCUT2D eigenvalue weighted by molar-refractivity contribution is 5.69. The Bertz CT molecular complexity index is 536. The van der Waals surface area contributed by atoms with Crippen LogP contribution in [-0.4, -0.2) is 0 Å². The summed E-state index contributed by atoms with van der Waals surface area (Å²) in [4.78, 5) is 0. The molecule has 0 nitrogen and oxygen atoms in total. The maximum atomic E-state index is 12.4. The second-order valence-electron chi connectivity index (χ2n) is 4.40. The number of aryl methyl sites for hydroxylation is 1. The summed E-state index contributed by atoms with van der Waals surface area (Å²) in [6.45, 7) is 2.12. The summed E-state index contributed by atoms with van der Waals surface area (Å²) in [7, 11) is 0. The number of rotatable bonds is 4. The number of halogens is 2. The average Bonchev–Trinajstić information content (AvgIpc) is 2.46. The third-order valence-corrected chi connectivity index (χ3v) is 3.04. The summed E-state index contributed by atoms with van der Waals surface area (Å²) in [6, 6.07) is 14.6. The molecule has 0 saturated heterocycles. The molecule has 19 heavy (non-hydrogen) atoms. The van der Waals surface area contributed by atoms with Gasteiger partial charge in [0.2, 0.25) is 0 Å². The predicted molar refractivity (Wildman–Crippen MR) is 76.1 cm³/mol. The Morgan fingerprint density at radius 1 is 0.842 bits per heavy atom. The van der Waals surface area contributed by atoms with Gasteiger partial charge in [-0.25, -0.2) is 8.78 Å². The Kier molecular flexibility index (Phi) is 4.45. The number of alkyl halides is 2. The lowest BCUT2D eigenvalue weighted by Crippen LogP contribution is -1.83. The molecular weight excluding hydrogens is 242 g/mol. The van der Waals surface area contributed by atoms with Gasteiger partial charge in [0.15, 0.2) is 0 Å². The fraction of sp³-hybridized carbons (Fsp3) is 0.176. The molecule has 2 aromatic carbocycles. The van der Waals surface area contributed by atoms with Gasteiger partial charge in [-0.3, -0.25) is 0 Å². The Hall–Kier alpha value is -1.96. The minimum atomic E-state index is -2.40. The molecule has 2 heteroatoms. The molecule has 0 heterocycles. The molecule has 0 saturated carbocycles. The molecule has 2 rings (SSSR count). The fourth-order valence-electron chi connectivity index (χ4n) is 1.81. The van der Waals surface area contributed by atoms with Crippen molar-refractivity contribution in [3.05, 3.63) is 70.8 Å². The Balaban J connectivity index is 2.08. The lowest BCUT2D eigenvalue weighted by atomic mass is 10.1. The summed E-state index contributed by atoms with van der Waals surface area (Å²) in [5.74, 6) is 0. The van der Waals surface area contributed by atoms with Crippen molar-refractivity contribution < 1.29 is 8.78 Å². The van der Waals surface area contributed by atoms with Crippen molar-refractivity contribution in [2.45, 2.75) is 19.8 Å². The van der Waals surface area contributed by atoms with E-state index in [1.54, 1.807) is 12.1 Å². The van der Waals surface area contributed by atoms with Crippen molar-refractivity contribution in [2.75, 3.05) is 0 Å². The smallest absolute Gasteiger partial charge is 0.205 e. The molecule has 0 fully saturated rings. The molecule has 2 aromatic rings. The zero-order chi connectivity index (χ0) is 13.7. The van der Waals surface area contributed by atoms with Crippen LogP contribution in [0.3, 0.4) is 0 Å². The van der Waals surface area contributed by atoms with Crippen LogP contribution in [0.25, 0.3) is 12.2 Å². The monoisotopic (exact) mass is 258 g/mol. The van der Waals surface area contributed by atoms with E-state index >= 15 is 0 Å². The van der Waals surface area contributed by atoms with Gasteiger partial charge >= 0.3 is 0 Å². The predicted octanol–water partition coefficient (Wildman–Crippen LogP) is 5.36. The van der Waals surface area contributed by atoms with Gasteiger partial charge in [-0.1, -0.05) is 67.6 Å². The highest BCUT2D eigenvalue weighted by Crippen LogP contribution is 2.19. The van der Waals surface area contributed by atoms with Gasteiger partial charge in [-0.2, -0.15) is 0 Å². The van der Waals surface area contributed by atoms with Gasteiger partial charge in [-0.15, -0.1) is 0 Å². The lowest BCUT2D eigenvalue weighted by molar-refractivity contribution is 0.151. The second-order valence-corrected chi connectivity index (χ2v) is 4.40. The van der Waals surface area contributed by atoms with Crippen LogP contribution in [0.2, 0.25) is 0 Å². The molecule has 0 unspecified atom stereocenters. The first kappa shape index (κ1) is 13.5. The van der Waals surface area contributed by atoms with Crippen molar-refractivity contribution in [1.82, 2.24) is 0 Å². The molecule has 0 bridgehead atoms. The van der Waals surface area contributed by atoms with Crippen LogP contribution in [0.5, 0.6) is 0 Å². The third-order valence-electron chi connectivity index (χ3n) is 3.04. The van der Waals surface area contributed by atoms with Gasteiger partial charge in [0.05, 0.1) is 0 Å². The maximum Gasteiger partial charge on any atom is 0.263 e. The third kappa shape index (κ3) is 3.75. The molecule has 0 atom stereocenters. The zero-order valence-electron chi connectivity index (χ0n) is 10.8. The largest absolute Gasteiger partial charge is 0.263 e. The van der Waals surface area contributed by atoms with E-state index in [9.17, 15) is 8.78 Å². The van der Waals surface area contributed by atoms with Crippen LogP contribution in [-0.2, 0) is 6.42 Å². The summed E-state index contributed by atoms with van der Waals surface area (Å²) in [6.07, 6.45) is 2.53. The van der Waals surface area contributed by atoms with Crippen molar-refractivity contribution >= 4 is 12.2 Å². The van der Waals surface area contributed by atoms with E-state index in [0.717, 1.165) is 17.5 Å². The molecule has 0 N–H and O–H groups in total. The minimum Gasteiger partial charge on any atom is -0.205 e. The first-order valence-corrected chi connectivity index (χ1v) is 6.34. The molecule has 0 aliphatic heterocycles. The van der Waals surface area contributed by atoms with E-state index in [0.29, 0.717) is 0 Å². The molecule has 98 valence electrons. The zero-order valence-corrected chi connectivity index (χ0v) is 10.8. The first-order chi connectivity index (χ1) is 9.19. The molecule has 0 amide bonds. The molecular formula is C17H16F2. The van der Waals surface area contributed by atoms with Gasteiger partial charge in [-0.05, 0) is 23.1 Å². The minimum absolute atomic E-state index is 0.0597. The number of hydrogen-bond acceptors (Lipinski definition) is 0. The highest BCUT2D eigenvalue weighted by atomic mass is 19.3. The van der Waals surface area contributed by atoms with Crippen molar-refractivity contribution in [3.63, 3.8) is 0 Å². The molecule has 0 aromatic heterocycles. The Morgan fingerprint density at radius 3 is 1.74 bits per heavy atom. The van der Waals surface area contributed by atoms with E-state index in [1.807, 2.05) is 12.2 Å². The first-order valence-electron chi connectivity index (χ1n) is 6.34. The molecule has 0 aliphatic rings. The van der Waals surface area contributed by atoms with E-state index in [2.05, 4.69) is 31.2 Å². The van der Waals surface area contributed by atoms with Crippen molar-refractivity contribution in [3.8, 4) is 0 Å². The number of benzene rings is 2. The summed E-state index contributed by atoms with van der Waals surface area (Å²) < 4.78 is 24.8. The Labute approximate surface area is 112 Å². The van der Waals surface area contributed by atoms with E-state index < -0.39 is 6.43 Å². The van der Waals surface area contributed by atoms with Crippen LogP contribution < -0.4 is 0 Å². The molecule has 0 spiro atoms. The van der Waals surface area contributed by atoms with Crippen LogP contribution in [0.1, 0.15) is 35.6 Å². The van der Waals surface area contributed by atoms with E-state index in [-0.39, 0.29) is 5.56 Å². The summed E-state index contributed by atoms with van der Waals surface area (Å²) in [5.41, 5.74) is 3.39. The molecule has 0 radical (unpaired) electrons. The van der Waals surface area contributed by atoms with Gasteiger partial charge in [0, 0.05) is 5.56 Å². The highest BCUT2D eigenvalue weighted by Gasteiger charge is 2.04. The van der Waals surface area contributed by atoms with Crippen LogP contribution in [0, 0.1) is 0 Å². The van der Waals surface area contributed by atoms with Crippen LogP contribution >= 0.6 is 0 Å². The quantitative estimate of drug-likeness (QED) is 0.648. The van der Waals surface area contributed by atoms with Gasteiger partial charge in [0.25, 0.3) is 6.43 Å². The molecule has 0 aliphatic carbocycles. The normalized spacial score (nSPS) is 11.4. The SMILES string of the molecule is CCc1ccc(/C=C/c2ccc(C(F)F)cc2)cc1. The van der Waals surface area contributed by atoms with Crippen LogP contribution in [0.15, 0.2) is 48.5 Å². The van der Waals surface area contributed by atoms with Gasteiger partial charge in [0.1, 0.15) is 0 Å². The maximum absolute atomic E-state index is 12.4. The van der Waals surface area contributed by atoms with Gasteiger partial charge < -0.3 is 0 Å². The van der Waals surface area contributed by atoms with E-state index in [1.165, 1.54) is 17.7 Å². The Morgan fingerprint density at radius 2 is 1.32 bits per heavy atom. The topological polar surface area (TPSA) is 0 Å². The number of hydrogen-bond donors (Lipinski definition) is 0. The van der Waals surface area contributed by atoms with E-state index in [4.69, 9.17) is 0 Å². The van der Waals surface area contributed by atoms with Crippen LogP contribution in [0.4, 0.5) is 8.78 Å².